The second kappa shape index (κ2) is 8.39. The molecule has 0 atom stereocenters. The minimum atomic E-state index is -0.488. The molecule has 1 N–H and O–H groups in total. The molecule has 0 radical (unpaired) electrons. The average molecular weight is 374 g/mol. The van der Waals surface area contributed by atoms with Crippen molar-refractivity contribution in [2.24, 2.45) is 0 Å². The van der Waals surface area contributed by atoms with Crippen LogP contribution in [-0.2, 0) is 9.53 Å². The van der Waals surface area contributed by atoms with E-state index in [0.29, 0.717) is 16.1 Å². The highest BCUT2D eigenvalue weighted by Crippen LogP contribution is 2.33. The van der Waals surface area contributed by atoms with E-state index in [1.54, 1.807) is 26.0 Å². The number of nitrogens with zero attached hydrogens (tertiary/aromatic N) is 1. The predicted molar refractivity (Wildman–Crippen MR) is 101 cm³/mol. The lowest BCUT2D eigenvalue weighted by Gasteiger charge is -2.05. The summed E-state index contributed by atoms with van der Waals surface area (Å²) in [6, 6.07) is 5.82. The summed E-state index contributed by atoms with van der Waals surface area (Å²) in [5, 5.41) is 13.8. The normalized spacial score (nSPS) is 10.7. The van der Waals surface area contributed by atoms with E-state index in [1.165, 1.54) is 35.6 Å². The zero-order valence-electron chi connectivity index (χ0n) is 14.6. The largest absolute Gasteiger partial charge is 0.462 e. The van der Waals surface area contributed by atoms with Gasteiger partial charge in [-0.05, 0) is 50.1 Å². The van der Waals surface area contributed by atoms with Gasteiger partial charge in [-0.3, -0.25) is 14.9 Å². The van der Waals surface area contributed by atoms with Crippen molar-refractivity contribution in [3.8, 4) is 0 Å². The third-order valence-electron chi connectivity index (χ3n) is 3.63. The number of non-ortho nitro benzene ring substituents is 1. The van der Waals surface area contributed by atoms with Crippen LogP contribution >= 0.6 is 11.3 Å². The Balaban J connectivity index is 2.13. The number of nitrogens with one attached hydrogen (secondary N) is 1. The van der Waals surface area contributed by atoms with Crippen molar-refractivity contribution in [1.29, 1.82) is 0 Å². The molecule has 26 heavy (non-hydrogen) atoms. The Labute approximate surface area is 154 Å². The van der Waals surface area contributed by atoms with Crippen LogP contribution in [0.3, 0.4) is 0 Å². The first-order chi connectivity index (χ1) is 12.3. The zero-order valence-corrected chi connectivity index (χ0v) is 15.4. The van der Waals surface area contributed by atoms with Gasteiger partial charge in [0.25, 0.3) is 5.69 Å². The number of hydrogen-bond donors (Lipinski definition) is 1. The third kappa shape index (κ3) is 4.54. The van der Waals surface area contributed by atoms with Crippen molar-refractivity contribution in [1.82, 2.24) is 0 Å². The first-order valence-electron chi connectivity index (χ1n) is 7.84. The smallest absolute Gasteiger partial charge is 0.341 e. The lowest BCUT2D eigenvalue weighted by atomic mass is 10.1. The molecule has 0 saturated heterocycles. The maximum absolute atomic E-state index is 12.2. The standard InChI is InChI=1S/C18H18N2O5S/c1-4-25-18(22)16-11(2)12(3)26-17(16)19-15(21)10-7-13-5-8-14(9-6-13)20(23)24/h5-10H,4H2,1-3H3,(H,19,21)/b10-7+. The van der Waals surface area contributed by atoms with Gasteiger partial charge < -0.3 is 10.1 Å². The van der Waals surface area contributed by atoms with E-state index in [1.807, 2.05) is 6.92 Å². The van der Waals surface area contributed by atoms with Gasteiger partial charge in [0.15, 0.2) is 0 Å². The number of nitro groups is 1. The molecule has 2 aromatic rings. The molecule has 7 nitrogen and oxygen atoms in total. The molecule has 0 aliphatic carbocycles. The number of anilines is 1. The fraction of sp³-hybridized carbons (Fsp3) is 0.222. The number of nitro benzene ring substituents is 1. The summed E-state index contributed by atoms with van der Waals surface area (Å²) in [6.07, 6.45) is 2.84. The topological polar surface area (TPSA) is 98.5 Å². The fourth-order valence-corrected chi connectivity index (χ4v) is 3.25. The number of rotatable bonds is 6. The molecule has 0 saturated carbocycles. The van der Waals surface area contributed by atoms with Crippen LogP contribution in [0.25, 0.3) is 6.08 Å². The number of hydrogen-bond acceptors (Lipinski definition) is 6. The molecular formula is C18H18N2O5S. The van der Waals surface area contributed by atoms with E-state index in [0.717, 1.165) is 10.4 Å². The van der Waals surface area contributed by atoms with Gasteiger partial charge in [-0.1, -0.05) is 0 Å². The van der Waals surface area contributed by atoms with Gasteiger partial charge in [-0.2, -0.15) is 0 Å². The monoisotopic (exact) mass is 374 g/mol. The molecule has 0 fully saturated rings. The summed E-state index contributed by atoms with van der Waals surface area (Å²) >= 11 is 1.31. The molecular weight excluding hydrogens is 356 g/mol. The summed E-state index contributed by atoms with van der Waals surface area (Å²) in [7, 11) is 0. The van der Waals surface area contributed by atoms with Gasteiger partial charge in [0.1, 0.15) is 5.00 Å². The summed E-state index contributed by atoms with van der Waals surface area (Å²) in [5.41, 5.74) is 1.78. The van der Waals surface area contributed by atoms with Crippen LogP contribution in [0.5, 0.6) is 0 Å². The first-order valence-corrected chi connectivity index (χ1v) is 8.65. The van der Waals surface area contributed by atoms with Gasteiger partial charge in [-0.25, -0.2) is 4.79 Å². The van der Waals surface area contributed by atoms with Crippen molar-refractivity contribution in [2.45, 2.75) is 20.8 Å². The molecule has 0 aliphatic heterocycles. The first kappa shape index (κ1) is 19.3. The molecule has 2 rings (SSSR count). The van der Waals surface area contributed by atoms with Gasteiger partial charge in [0.2, 0.25) is 5.91 Å². The molecule has 0 aliphatic rings. The minimum Gasteiger partial charge on any atom is -0.462 e. The van der Waals surface area contributed by atoms with Crippen molar-refractivity contribution in [3.05, 3.63) is 62.0 Å². The number of aryl methyl sites for hydroxylation is 1. The van der Waals surface area contributed by atoms with Crippen LogP contribution in [0.2, 0.25) is 0 Å². The van der Waals surface area contributed by atoms with Gasteiger partial charge in [0, 0.05) is 23.1 Å². The number of benzene rings is 1. The SMILES string of the molecule is CCOC(=O)c1c(NC(=O)/C=C/c2ccc([N+](=O)[O-])cc2)sc(C)c1C. The van der Waals surface area contributed by atoms with E-state index in [2.05, 4.69) is 5.32 Å². The molecule has 0 unspecified atom stereocenters. The summed E-state index contributed by atoms with van der Waals surface area (Å²) in [6.45, 7) is 5.64. The van der Waals surface area contributed by atoms with Crippen LogP contribution in [0.1, 0.15) is 33.3 Å². The predicted octanol–water partition coefficient (Wildman–Crippen LogP) is 4.10. The fourth-order valence-electron chi connectivity index (χ4n) is 2.20. The maximum Gasteiger partial charge on any atom is 0.341 e. The minimum absolute atomic E-state index is 0.0183. The molecule has 1 heterocycles. The number of carbonyl (C=O) groups is 2. The average Bonchev–Trinajstić information content (AvgIpc) is 2.87. The second-order valence-corrected chi connectivity index (χ2v) is 6.60. The summed E-state index contributed by atoms with van der Waals surface area (Å²) in [5.74, 6) is -0.876. The molecule has 0 bridgehead atoms. The number of esters is 1. The quantitative estimate of drug-likeness (QED) is 0.355. The highest BCUT2D eigenvalue weighted by molar-refractivity contribution is 7.16. The van der Waals surface area contributed by atoms with E-state index in [9.17, 15) is 19.7 Å². The van der Waals surface area contributed by atoms with Crippen molar-refractivity contribution < 1.29 is 19.2 Å². The Kier molecular flexibility index (Phi) is 6.24. The molecule has 1 aromatic carbocycles. The third-order valence-corrected chi connectivity index (χ3v) is 4.76. The Hall–Kier alpha value is -3.00. The lowest BCUT2D eigenvalue weighted by Crippen LogP contribution is -2.12. The van der Waals surface area contributed by atoms with Crippen molar-refractivity contribution >= 4 is 40.0 Å². The van der Waals surface area contributed by atoms with Crippen LogP contribution in [0.4, 0.5) is 10.7 Å². The van der Waals surface area contributed by atoms with E-state index in [-0.39, 0.29) is 12.3 Å². The number of amides is 1. The van der Waals surface area contributed by atoms with Crippen LogP contribution in [-0.4, -0.2) is 23.4 Å². The summed E-state index contributed by atoms with van der Waals surface area (Å²) < 4.78 is 5.05. The Bertz CT molecular complexity index is 868. The van der Waals surface area contributed by atoms with Crippen LogP contribution in [0.15, 0.2) is 30.3 Å². The zero-order chi connectivity index (χ0) is 19.3. The van der Waals surface area contributed by atoms with Crippen LogP contribution in [0, 0.1) is 24.0 Å². The summed E-state index contributed by atoms with van der Waals surface area (Å²) in [4.78, 5) is 35.3. The Morgan fingerprint density at radius 1 is 1.27 bits per heavy atom. The molecule has 136 valence electrons. The van der Waals surface area contributed by atoms with Crippen LogP contribution < -0.4 is 5.32 Å². The maximum atomic E-state index is 12.2. The van der Waals surface area contributed by atoms with E-state index < -0.39 is 16.8 Å². The van der Waals surface area contributed by atoms with E-state index >= 15 is 0 Å². The molecule has 8 heteroatoms. The molecule has 1 amide bonds. The number of ether oxygens (including phenoxy) is 1. The molecule has 1 aromatic heterocycles. The van der Waals surface area contributed by atoms with Crippen molar-refractivity contribution in [3.63, 3.8) is 0 Å². The van der Waals surface area contributed by atoms with Gasteiger partial charge in [0.05, 0.1) is 17.1 Å². The van der Waals surface area contributed by atoms with E-state index in [4.69, 9.17) is 4.74 Å². The number of thiophene rings is 1. The highest BCUT2D eigenvalue weighted by atomic mass is 32.1. The Morgan fingerprint density at radius 3 is 2.50 bits per heavy atom. The molecule has 0 spiro atoms. The Morgan fingerprint density at radius 2 is 1.92 bits per heavy atom. The van der Waals surface area contributed by atoms with Gasteiger partial charge in [-0.15, -0.1) is 11.3 Å². The van der Waals surface area contributed by atoms with Crippen molar-refractivity contribution in [2.75, 3.05) is 11.9 Å². The second-order valence-electron chi connectivity index (χ2n) is 5.38. The number of carbonyl (C=O) groups excluding carboxylic acids is 2. The highest BCUT2D eigenvalue weighted by Gasteiger charge is 2.21. The lowest BCUT2D eigenvalue weighted by molar-refractivity contribution is -0.384. The van der Waals surface area contributed by atoms with Gasteiger partial charge >= 0.3 is 5.97 Å².